The van der Waals surface area contributed by atoms with Gasteiger partial charge in [0.25, 0.3) is 11.8 Å². The molecule has 0 saturated carbocycles. The number of rotatable bonds is 9. The van der Waals surface area contributed by atoms with E-state index in [1.165, 1.54) is 56.6 Å². The predicted molar refractivity (Wildman–Crippen MR) is 291 cm³/mol. The second kappa shape index (κ2) is 22.9. The molecular formula is C61H65ClN6O6. The van der Waals surface area contributed by atoms with Crippen LogP contribution in [0.5, 0.6) is 11.5 Å². The summed E-state index contributed by atoms with van der Waals surface area (Å²) in [4.78, 5) is 54.6. The Morgan fingerprint density at radius 3 is 1.51 bits per heavy atom. The average molecular weight is 1010 g/mol. The minimum atomic E-state index is -0.515. The number of hydrogen-bond donors (Lipinski definition) is 3. The van der Waals surface area contributed by atoms with Crippen LogP contribution in [0.15, 0.2) is 149 Å². The first-order valence-electron chi connectivity index (χ1n) is 25.7. The van der Waals surface area contributed by atoms with E-state index in [2.05, 4.69) is 102 Å². The molecule has 5 aromatic carbocycles. The third-order valence-electron chi connectivity index (χ3n) is 14.7. The highest BCUT2D eigenvalue weighted by Crippen LogP contribution is 2.37. The van der Waals surface area contributed by atoms with Crippen LogP contribution in [0, 0.1) is 0 Å². The standard InChI is InChI=1S/C27H29N3O3.C19H23N3O3.C15H13Cl/c1-17(2)29-13-14-30-20(15-23(31)26(32)25(30)27(29)33)16-28-24-21-9-5-3-7-18(21)11-12-19-8-4-6-10-22(19)24;1-13(2)21-8-9-22-15(11-20)10-16(23)18(17(22)19(21)24)25-12-14-6-4-3-5-7-14;16-15-13-7-3-1-5-11(13)9-10-12-6-2-4-8-14(12)15/h3-10,15,17,24,28,32H,11-14,16H2,1-2H3;3-7,10,13H,8-9,11-12,20H2,1-2H3;1-8,15H,9-10H2. The van der Waals surface area contributed by atoms with Crippen molar-refractivity contribution < 1.29 is 19.4 Å². The number of aryl methyl sites for hydroxylation is 4. The Kier molecular flexibility index (Phi) is 16.0. The van der Waals surface area contributed by atoms with Crippen molar-refractivity contribution >= 4 is 23.4 Å². The van der Waals surface area contributed by atoms with Gasteiger partial charge in [-0.15, -0.1) is 11.6 Å². The van der Waals surface area contributed by atoms with E-state index >= 15 is 0 Å². The molecule has 12 nitrogen and oxygen atoms in total. The van der Waals surface area contributed by atoms with E-state index in [9.17, 15) is 24.3 Å². The number of ether oxygens (including phenoxy) is 1. The summed E-state index contributed by atoms with van der Waals surface area (Å²) in [6.07, 6.45) is 4.16. The number of halogens is 1. The highest BCUT2D eigenvalue weighted by Gasteiger charge is 2.34. The predicted octanol–water partition coefficient (Wildman–Crippen LogP) is 9.26. The Morgan fingerprint density at radius 1 is 0.581 bits per heavy atom. The van der Waals surface area contributed by atoms with Crippen molar-refractivity contribution in [1.29, 1.82) is 0 Å². The number of benzene rings is 5. The quantitative estimate of drug-likeness (QED) is 0.121. The van der Waals surface area contributed by atoms with Gasteiger partial charge in [0, 0.05) is 74.9 Å². The van der Waals surface area contributed by atoms with Gasteiger partial charge in [0.15, 0.2) is 22.9 Å². The number of carbonyl (C=O) groups is 2. The van der Waals surface area contributed by atoms with Gasteiger partial charge in [0.2, 0.25) is 10.9 Å². The molecule has 2 aromatic heterocycles. The molecule has 0 unspecified atom stereocenters. The second-order valence-corrected chi connectivity index (χ2v) is 20.2. The number of fused-ring (bicyclic) bond motifs is 6. The lowest BCUT2D eigenvalue weighted by Crippen LogP contribution is -2.46. The summed E-state index contributed by atoms with van der Waals surface area (Å²) in [5.41, 5.74) is 18.1. The van der Waals surface area contributed by atoms with E-state index in [0.29, 0.717) is 49.8 Å². The Balaban J connectivity index is 0.000000145. The fourth-order valence-electron chi connectivity index (χ4n) is 10.8. The zero-order valence-electron chi connectivity index (χ0n) is 42.6. The van der Waals surface area contributed by atoms with Crippen molar-refractivity contribution in [3.05, 3.63) is 233 Å². The van der Waals surface area contributed by atoms with E-state index in [1.807, 2.05) is 62.6 Å². The molecule has 7 aromatic rings. The number of amides is 2. The summed E-state index contributed by atoms with van der Waals surface area (Å²) in [5.74, 6) is -0.828. The van der Waals surface area contributed by atoms with Crippen LogP contribution in [0.25, 0.3) is 0 Å². The lowest BCUT2D eigenvalue weighted by molar-refractivity contribution is 0.0629. The molecule has 0 spiro atoms. The van der Waals surface area contributed by atoms with Gasteiger partial charge in [-0.3, -0.25) is 19.2 Å². The molecule has 0 fully saturated rings. The molecule has 0 saturated heterocycles. The lowest BCUT2D eigenvalue weighted by Gasteiger charge is -2.34. The third kappa shape index (κ3) is 10.7. The Bertz CT molecular complexity index is 3200. The molecule has 0 radical (unpaired) electrons. The van der Waals surface area contributed by atoms with E-state index in [0.717, 1.165) is 31.2 Å². The summed E-state index contributed by atoms with van der Waals surface area (Å²) in [5, 5.41) is 14.1. The third-order valence-corrected chi connectivity index (χ3v) is 15.1. The Morgan fingerprint density at radius 2 is 1.01 bits per heavy atom. The lowest BCUT2D eigenvalue weighted by atomic mass is 9.94. The number of aromatic nitrogens is 2. The van der Waals surface area contributed by atoms with Crippen LogP contribution in [0.4, 0.5) is 0 Å². The first kappa shape index (κ1) is 51.6. The SMILES string of the molecule is CC(C)N1CCn2c(CN)cc(=O)c(OCc3ccccc3)c2C1=O.CC(C)N1CCn2c(CNC3c4ccccc4CCc4ccccc43)cc(=O)c(O)c2C1=O.ClC1c2ccccc2CCc2ccccc21. The van der Waals surface area contributed by atoms with Gasteiger partial charge in [-0.25, -0.2) is 0 Å². The van der Waals surface area contributed by atoms with Gasteiger partial charge in [0.05, 0.1) is 11.4 Å². The second-order valence-electron chi connectivity index (χ2n) is 19.8. The minimum absolute atomic E-state index is 0.00141. The summed E-state index contributed by atoms with van der Waals surface area (Å²) in [6.45, 7) is 10.9. The van der Waals surface area contributed by atoms with Crippen LogP contribution in [0.2, 0.25) is 0 Å². The van der Waals surface area contributed by atoms with Crippen LogP contribution in [0.3, 0.4) is 0 Å². The maximum absolute atomic E-state index is 13.0. The molecule has 382 valence electrons. The van der Waals surface area contributed by atoms with E-state index in [4.69, 9.17) is 22.1 Å². The largest absolute Gasteiger partial charge is 0.503 e. The Labute approximate surface area is 438 Å². The van der Waals surface area contributed by atoms with Gasteiger partial charge in [-0.1, -0.05) is 127 Å². The van der Waals surface area contributed by atoms with E-state index < -0.39 is 11.2 Å². The maximum atomic E-state index is 13.0. The molecule has 2 aliphatic carbocycles. The molecule has 4 N–H and O–H groups in total. The molecule has 13 heteroatoms. The van der Waals surface area contributed by atoms with Crippen LogP contribution < -0.4 is 26.6 Å². The summed E-state index contributed by atoms with van der Waals surface area (Å²) in [7, 11) is 0. The van der Waals surface area contributed by atoms with Crippen molar-refractivity contribution in [2.75, 3.05) is 13.1 Å². The smallest absolute Gasteiger partial charge is 0.274 e. The molecule has 0 atom stereocenters. The van der Waals surface area contributed by atoms with Crippen molar-refractivity contribution in [3.8, 4) is 11.5 Å². The van der Waals surface area contributed by atoms with Crippen LogP contribution in [-0.4, -0.2) is 61.0 Å². The molecule has 0 bridgehead atoms. The highest BCUT2D eigenvalue weighted by atomic mass is 35.5. The van der Waals surface area contributed by atoms with Gasteiger partial charge in [0.1, 0.15) is 6.61 Å². The molecule has 2 amide bonds. The van der Waals surface area contributed by atoms with Gasteiger partial charge >= 0.3 is 0 Å². The molecule has 74 heavy (non-hydrogen) atoms. The van der Waals surface area contributed by atoms with E-state index in [1.54, 1.807) is 14.4 Å². The topological polar surface area (TPSA) is 152 Å². The van der Waals surface area contributed by atoms with Gasteiger partial charge in [-0.05, 0) is 103 Å². The highest BCUT2D eigenvalue weighted by molar-refractivity contribution is 6.22. The zero-order valence-corrected chi connectivity index (χ0v) is 43.4. The first-order chi connectivity index (χ1) is 35.8. The van der Waals surface area contributed by atoms with Gasteiger partial charge in [-0.2, -0.15) is 0 Å². The number of pyridine rings is 2. The molecule has 4 heterocycles. The monoisotopic (exact) mass is 1010 g/mol. The number of alkyl halides is 1. The zero-order chi connectivity index (χ0) is 52.0. The van der Waals surface area contributed by atoms with Crippen molar-refractivity contribution in [3.63, 3.8) is 0 Å². The van der Waals surface area contributed by atoms with Crippen molar-refractivity contribution in [2.45, 2.75) is 110 Å². The Hall–Kier alpha value is -7.25. The summed E-state index contributed by atoms with van der Waals surface area (Å²) < 4.78 is 9.42. The fourth-order valence-corrected chi connectivity index (χ4v) is 11.2. The summed E-state index contributed by atoms with van der Waals surface area (Å²) >= 11 is 6.58. The molecular weight excluding hydrogens is 948 g/mol. The summed E-state index contributed by atoms with van der Waals surface area (Å²) in [6, 6.07) is 46.5. The van der Waals surface area contributed by atoms with Crippen LogP contribution in [-0.2, 0) is 58.5 Å². The number of carbonyl (C=O) groups excluding carboxylic acids is 2. The van der Waals surface area contributed by atoms with E-state index in [-0.39, 0.29) is 65.3 Å². The fraction of sp³-hybridized carbons (Fsp3) is 0.311. The van der Waals surface area contributed by atoms with Crippen molar-refractivity contribution in [2.24, 2.45) is 5.73 Å². The number of hydrogen-bond acceptors (Lipinski definition) is 8. The average Bonchev–Trinajstić information content (AvgIpc) is 3.67. The maximum Gasteiger partial charge on any atom is 0.274 e. The molecule has 11 rings (SSSR count). The van der Waals surface area contributed by atoms with Gasteiger partial charge < -0.3 is 39.8 Å². The number of nitrogens with zero attached hydrogens (tertiary/aromatic N) is 4. The minimum Gasteiger partial charge on any atom is -0.503 e. The first-order valence-corrected chi connectivity index (χ1v) is 26.2. The number of nitrogens with one attached hydrogen (secondary N) is 1. The number of nitrogens with two attached hydrogens (primary N) is 1. The van der Waals surface area contributed by atoms with Crippen molar-refractivity contribution in [1.82, 2.24) is 24.3 Å². The van der Waals surface area contributed by atoms with Crippen LogP contribution >= 0.6 is 11.6 Å². The number of aromatic hydroxyl groups is 1. The molecule has 4 aliphatic rings. The molecule has 2 aliphatic heterocycles. The normalized spacial score (nSPS) is 15.0. The van der Waals surface area contributed by atoms with Crippen LogP contribution in [0.1, 0.15) is 122 Å².